The van der Waals surface area contributed by atoms with Gasteiger partial charge in [-0.25, -0.2) is 10.9 Å². The zero-order valence-electron chi connectivity index (χ0n) is 21.5. The minimum Gasteiger partial charge on any atom is -0.357 e. The first-order valence-corrected chi connectivity index (χ1v) is 13.3. The molecule has 8 nitrogen and oxygen atoms in total. The van der Waals surface area contributed by atoms with Crippen molar-refractivity contribution in [3.05, 3.63) is 35.9 Å². The molecule has 35 heavy (non-hydrogen) atoms. The number of nitrogens with zero attached hydrogens (tertiary/aromatic N) is 1. The third-order valence-corrected chi connectivity index (χ3v) is 6.49. The van der Waals surface area contributed by atoms with E-state index < -0.39 is 12.0 Å². The van der Waals surface area contributed by atoms with Gasteiger partial charge in [0.15, 0.2) is 0 Å². The van der Waals surface area contributed by atoms with E-state index in [0.29, 0.717) is 19.4 Å². The van der Waals surface area contributed by atoms with E-state index in [1.807, 2.05) is 30.3 Å². The van der Waals surface area contributed by atoms with Gasteiger partial charge < -0.3 is 5.32 Å². The third-order valence-electron chi connectivity index (χ3n) is 6.49. The van der Waals surface area contributed by atoms with Crippen LogP contribution in [0.1, 0.15) is 89.5 Å². The fourth-order valence-corrected chi connectivity index (χ4v) is 4.45. The van der Waals surface area contributed by atoms with E-state index in [-0.39, 0.29) is 30.7 Å². The number of hydrogen-bond acceptors (Lipinski definition) is 5. The van der Waals surface area contributed by atoms with Gasteiger partial charge in [-0.05, 0) is 24.8 Å². The molecule has 0 radical (unpaired) electrons. The number of hydroxylamine groups is 1. The quantitative estimate of drug-likeness (QED) is 0.241. The van der Waals surface area contributed by atoms with Crippen LogP contribution in [0.3, 0.4) is 0 Å². The summed E-state index contributed by atoms with van der Waals surface area (Å²) in [4.78, 5) is 43.8. The summed E-state index contributed by atoms with van der Waals surface area (Å²) in [7, 11) is 1.58. The Morgan fingerprint density at radius 1 is 1.06 bits per heavy atom. The molecule has 3 N–H and O–H groups in total. The molecule has 8 heteroatoms. The van der Waals surface area contributed by atoms with Crippen LogP contribution in [0.4, 0.5) is 0 Å². The lowest BCUT2D eigenvalue weighted by molar-refractivity contribution is -0.152. The van der Waals surface area contributed by atoms with Crippen LogP contribution < -0.4 is 16.2 Å². The molecular formula is C27H44N4O4. The minimum atomic E-state index is -0.556. The summed E-state index contributed by atoms with van der Waals surface area (Å²) >= 11 is 0. The van der Waals surface area contributed by atoms with Crippen LogP contribution >= 0.6 is 0 Å². The van der Waals surface area contributed by atoms with Crippen molar-refractivity contribution >= 4 is 17.7 Å². The summed E-state index contributed by atoms with van der Waals surface area (Å²) in [5.41, 5.74) is 6.53. The molecule has 1 saturated heterocycles. The molecule has 0 aliphatic carbocycles. The topological polar surface area (TPSA) is 99.8 Å². The van der Waals surface area contributed by atoms with Gasteiger partial charge in [-0.3, -0.25) is 24.2 Å². The molecule has 3 amide bonds. The largest absolute Gasteiger partial charge is 0.357 e. The van der Waals surface area contributed by atoms with E-state index in [4.69, 9.17) is 4.84 Å². The van der Waals surface area contributed by atoms with Crippen LogP contribution in [0.15, 0.2) is 30.3 Å². The van der Waals surface area contributed by atoms with Crippen LogP contribution in [0.2, 0.25) is 0 Å². The van der Waals surface area contributed by atoms with Gasteiger partial charge >= 0.3 is 0 Å². The summed E-state index contributed by atoms with van der Waals surface area (Å²) in [5, 5.41) is 4.11. The monoisotopic (exact) mass is 488 g/mol. The molecule has 1 aromatic rings. The lowest BCUT2D eigenvalue weighted by atomic mass is 9.94. The van der Waals surface area contributed by atoms with Gasteiger partial charge in [-0.2, -0.15) is 0 Å². The molecular weight excluding hydrogens is 444 g/mol. The predicted molar refractivity (Wildman–Crippen MR) is 137 cm³/mol. The molecule has 1 fully saturated rings. The number of likely N-dealkylation sites (N-methyl/N-ethyl adjacent to an activating group) is 1. The van der Waals surface area contributed by atoms with Gasteiger partial charge in [0, 0.05) is 25.9 Å². The molecule has 1 heterocycles. The highest BCUT2D eigenvalue weighted by atomic mass is 16.6. The number of hydrazine groups is 1. The molecule has 1 aromatic carbocycles. The second kappa shape index (κ2) is 17.1. The van der Waals surface area contributed by atoms with Crippen LogP contribution in [0.25, 0.3) is 0 Å². The van der Waals surface area contributed by atoms with Crippen LogP contribution in [-0.4, -0.2) is 42.4 Å². The molecule has 2 rings (SSSR count). The first-order chi connectivity index (χ1) is 17.1. The lowest BCUT2D eigenvalue weighted by Crippen LogP contribution is -2.59. The van der Waals surface area contributed by atoms with Crippen molar-refractivity contribution in [3.63, 3.8) is 0 Å². The standard InChI is InChI=1S/C27H44N4O4/c1-3-4-5-6-7-8-9-13-17-23(20-25(32)30-35-21-22-15-11-10-12-16-22)27(34)31-24(26(33)28-2)18-14-19-29-31/h10-12,15-16,23-24,29H,3-9,13-14,17-21H2,1-2H3,(H,28,33)(H,30,32)/t23-,24+/m1/s1. The Labute approximate surface area is 210 Å². The van der Waals surface area contributed by atoms with Crippen molar-refractivity contribution in [1.82, 2.24) is 21.2 Å². The highest BCUT2D eigenvalue weighted by molar-refractivity contribution is 5.90. The van der Waals surface area contributed by atoms with E-state index in [1.54, 1.807) is 7.05 Å². The number of unbranched alkanes of at least 4 members (excludes halogenated alkanes) is 7. The Balaban J connectivity index is 1.90. The number of hydrogen-bond donors (Lipinski definition) is 3. The normalized spacial score (nSPS) is 16.5. The van der Waals surface area contributed by atoms with Crippen molar-refractivity contribution in [3.8, 4) is 0 Å². The maximum absolute atomic E-state index is 13.5. The Bertz CT molecular complexity index is 759. The first-order valence-electron chi connectivity index (χ1n) is 13.3. The van der Waals surface area contributed by atoms with Crippen molar-refractivity contribution in [2.75, 3.05) is 13.6 Å². The molecule has 0 unspecified atom stereocenters. The molecule has 2 atom stereocenters. The Kier molecular flexibility index (Phi) is 14.0. The highest BCUT2D eigenvalue weighted by Gasteiger charge is 2.36. The second-order valence-electron chi connectivity index (χ2n) is 9.35. The molecule has 0 bridgehead atoms. The number of rotatable bonds is 16. The van der Waals surface area contributed by atoms with E-state index in [2.05, 4.69) is 23.1 Å². The highest BCUT2D eigenvalue weighted by Crippen LogP contribution is 2.21. The first kappa shape index (κ1) is 28.8. The molecule has 1 aliphatic heterocycles. The van der Waals surface area contributed by atoms with Crippen molar-refractivity contribution in [2.45, 2.75) is 96.6 Å². The molecule has 0 aromatic heterocycles. The summed E-state index contributed by atoms with van der Waals surface area (Å²) in [5.74, 6) is -1.22. The lowest BCUT2D eigenvalue weighted by Gasteiger charge is -2.37. The zero-order valence-corrected chi connectivity index (χ0v) is 21.5. The summed E-state index contributed by atoms with van der Waals surface area (Å²) in [6, 6.07) is 9.02. The second-order valence-corrected chi connectivity index (χ2v) is 9.35. The number of nitrogens with one attached hydrogen (secondary N) is 3. The number of benzene rings is 1. The van der Waals surface area contributed by atoms with Gasteiger partial charge in [0.2, 0.25) is 17.7 Å². The Morgan fingerprint density at radius 2 is 1.74 bits per heavy atom. The Morgan fingerprint density at radius 3 is 2.43 bits per heavy atom. The van der Waals surface area contributed by atoms with Crippen molar-refractivity contribution in [2.24, 2.45) is 5.92 Å². The van der Waals surface area contributed by atoms with E-state index in [1.165, 1.54) is 37.1 Å². The van der Waals surface area contributed by atoms with Crippen LogP contribution in [0.5, 0.6) is 0 Å². The molecule has 1 aliphatic rings. The molecule has 196 valence electrons. The third kappa shape index (κ3) is 10.8. The van der Waals surface area contributed by atoms with Crippen LogP contribution in [0, 0.1) is 5.92 Å². The Hall–Kier alpha value is -2.45. The maximum Gasteiger partial charge on any atom is 0.244 e. The van der Waals surface area contributed by atoms with Gasteiger partial charge in [0.25, 0.3) is 0 Å². The summed E-state index contributed by atoms with van der Waals surface area (Å²) in [6.45, 7) is 3.11. The average Bonchev–Trinajstić information content (AvgIpc) is 2.89. The summed E-state index contributed by atoms with van der Waals surface area (Å²) < 4.78 is 0. The van der Waals surface area contributed by atoms with Crippen LogP contribution in [-0.2, 0) is 25.8 Å². The van der Waals surface area contributed by atoms with E-state index in [9.17, 15) is 14.4 Å². The zero-order chi connectivity index (χ0) is 25.3. The van der Waals surface area contributed by atoms with E-state index in [0.717, 1.165) is 31.2 Å². The number of carbonyl (C=O) groups excluding carboxylic acids is 3. The fraction of sp³-hybridized carbons (Fsp3) is 0.667. The molecule has 0 saturated carbocycles. The molecule has 0 spiro atoms. The fourth-order valence-electron chi connectivity index (χ4n) is 4.45. The maximum atomic E-state index is 13.5. The van der Waals surface area contributed by atoms with Gasteiger partial charge in [-0.1, -0.05) is 88.6 Å². The SMILES string of the molecule is CCCCCCCCCC[C@H](CC(=O)NOCc1ccccc1)C(=O)N1NCCC[C@H]1C(=O)NC. The van der Waals surface area contributed by atoms with Gasteiger partial charge in [0.05, 0.1) is 6.61 Å². The predicted octanol–water partition coefficient (Wildman–Crippen LogP) is 4.01. The average molecular weight is 489 g/mol. The van der Waals surface area contributed by atoms with Crippen molar-refractivity contribution < 1.29 is 19.2 Å². The van der Waals surface area contributed by atoms with Gasteiger partial charge in [0.1, 0.15) is 6.04 Å². The van der Waals surface area contributed by atoms with Crippen molar-refractivity contribution in [1.29, 1.82) is 0 Å². The summed E-state index contributed by atoms with van der Waals surface area (Å²) in [6.07, 6.45) is 11.4. The van der Waals surface area contributed by atoms with Gasteiger partial charge in [-0.15, -0.1) is 0 Å². The number of amides is 3. The number of carbonyl (C=O) groups is 3. The van der Waals surface area contributed by atoms with E-state index >= 15 is 0 Å². The minimum absolute atomic E-state index is 0.0305. The smallest absolute Gasteiger partial charge is 0.244 e.